The Bertz CT molecular complexity index is 1950. The van der Waals surface area contributed by atoms with Gasteiger partial charge in [0.1, 0.15) is 22.3 Å². The van der Waals surface area contributed by atoms with Crippen LogP contribution in [0.25, 0.3) is 0 Å². The van der Waals surface area contributed by atoms with E-state index in [1.54, 1.807) is 24.0 Å². The zero-order valence-electron chi connectivity index (χ0n) is 32.7. The van der Waals surface area contributed by atoms with Gasteiger partial charge in [0, 0.05) is 63.1 Å². The number of hydrogen-bond acceptors (Lipinski definition) is 13. The van der Waals surface area contributed by atoms with E-state index in [1.165, 1.54) is 16.9 Å². The predicted molar refractivity (Wildman–Crippen MR) is 225 cm³/mol. The van der Waals surface area contributed by atoms with Crippen molar-refractivity contribution in [1.29, 1.82) is 0 Å². The fourth-order valence-corrected chi connectivity index (χ4v) is 8.96. The number of hydrogen-bond donors (Lipinski definition) is 1. The highest BCUT2D eigenvalue weighted by atomic mass is 35.5. The summed E-state index contributed by atoms with van der Waals surface area (Å²) in [5, 5.41) is 4.11. The molecule has 1 aliphatic heterocycles. The summed E-state index contributed by atoms with van der Waals surface area (Å²) in [4.78, 5) is 56.8. The van der Waals surface area contributed by atoms with Crippen LogP contribution < -0.4 is 10.2 Å². The Labute approximate surface area is 348 Å². The lowest BCUT2D eigenvalue weighted by molar-refractivity contribution is -0.129. The number of para-hydroxylation sites is 1. The molecule has 304 valence electrons. The summed E-state index contributed by atoms with van der Waals surface area (Å²) in [6, 6.07) is 15.9. The van der Waals surface area contributed by atoms with Gasteiger partial charge in [-0.3, -0.25) is 19.3 Å². The monoisotopic (exact) mass is 834 g/mol. The molecule has 2 fully saturated rings. The average molecular weight is 835 g/mol. The van der Waals surface area contributed by atoms with Gasteiger partial charge in [0.25, 0.3) is 5.91 Å². The van der Waals surface area contributed by atoms with Gasteiger partial charge in [-0.2, -0.15) is 0 Å². The highest BCUT2D eigenvalue weighted by Crippen LogP contribution is 2.31. The third-order valence-electron chi connectivity index (χ3n) is 9.79. The molecule has 1 unspecified atom stereocenters. The molecular weight excluding hydrogens is 784 g/mol. The number of anilines is 2. The van der Waals surface area contributed by atoms with Gasteiger partial charge in [-0.1, -0.05) is 35.9 Å². The molecule has 2 aliphatic rings. The Kier molecular flexibility index (Phi) is 16.4. The topological polar surface area (TPSA) is 136 Å². The number of aryl methyl sites for hydroxylation is 3. The molecule has 2 aromatic heterocycles. The van der Waals surface area contributed by atoms with Gasteiger partial charge in [0.05, 0.1) is 72.3 Å². The number of thiazole rings is 1. The molecule has 3 heterocycles. The predicted octanol–water partition coefficient (Wildman–Crippen LogP) is 6.63. The lowest BCUT2D eigenvalue weighted by Crippen LogP contribution is -2.47. The summed E-state index contributed by atoms with van der Waals surface area (Å²) >= 11 is 9.23. The van der Waals surface area contributed by atoms with E-state index in [2.05, 4.69) is 37.2 Å². The lowest BCUT2D eigenvalue weighted by Gasteiger charge is -2.35. The van der Waals surface area contributed by atoms with Gasteiger partial charge in [-0.05, 0) is 62.4 Å². The second kappa shape index (κ2) is 21.8. The molecular formula is C42H51ClN6O6S2. The normalized spacial score (nSPS) is 16.3. The van der Waals surface area contributed by atoms with Crippen LogP contribution in [0.3, 0.4) is 0 Å². The van der Waals surface area contributed by atoms with Gasteiger partial charge < -0.3 is 24.4 Å². The molecule has 1 aliphatic carbocycles. The summed E-state index contributed by atoms with van der Waals surface area (Å²) in [6.45, 7) is 11.7. The maximum Gasteiger partial charge on any atom is 0.267 e. The molecule has 6 rings (SSSR count). The van der Waals surface area contributed by atoms with Crippen LogP contribution in [-0.4, -0.2) is 115 Å². The molecule has 15 heteroatoms. The summed E-state index contributed by atoms with van der Waals surface area (Å²) in [7, 11) is 0. The number of thioether (sulfide) groups is 1. The van der Waals surface area contributed by atoms with E-state index in [0.717, 1.165) is 72.5 Å². The Morgan fingerprint density at radius 3 is 2.47 bits per heavy atom. The van der Waals surface area contributed by atoms with Crippen molar-refractivity contribution in [2.24, 2.45) is 0 Å². The highest BCUT2D eigenvalue weighted by molar-refractivity contribution is 8.00. The molecule has 12 nitrogen and oxygen atoms in total. The van der Waals surface area contributed by atoms with Crippen LogP contribution >= 0.6 is 34.7 Å². The number of carbonyl (C=O) groups excluding carboxylic acids is 3. The number of halogens is 1. The second-order valence-electron chi connectivity index (χ2n) is 14.2. The number of nitrogens with zero attached hydrogens (tertiary/aromatic N) is 5. The Hall–Kier alpha value is -3.76. The number of rotatable bonds is 20. The minimum absolute atomic E-state index is 0.0525. The van der Waals surface area contributed by atoms with E-state index in [9.17, 15) is 14.4 Å². The van der Waals surface area contributed by atoms with Crippen LogP contribution in [0.15, 0.2) is 59.6 Å². The largest absolute Gasteiger partial charge is 0.379 e. The first-order valence-electron chi connectivity index (χ1n) is 19.6. The van der Waals surface area contributed by atoms with Crippen LogP contribution in [0.5, 0.6) is 0 Å². The molecule has 57 heavy (non-hydrogen) atoms. The summed E-state index contributed by atoms with van der Waals surface area (Å²) in [5.41, 5.74) is 3.60. The Morgan fingerprint density at radius 1 is 0.947 bits per heavy atom. The van der Waals surface area contributed by atoms with E-state index >= 15 is 0 Å². The van der Waals surface area contributed by atoms with E-state index in [0.29, 0.717) is 80.3 Å². The van der Waals surface area contributed by atoms with Crippen molar-refractivity contribution in [2.45, 2.75) is 62.5 Å². The first-order chi connectivity index (χ1) is 27.7. The van der Waals surface area contributed by atoms with E-state index in [4.69, 9.17) is 30.8 Å². The molecule has 2 aromatic carbocycles. The SMILES string of the molecule is Cc1nc(Cc2ncc(C(=O)Nc3c(C)cccc3Cl)s2)cc(N2CCN(CCOCCOCCOCCCc3cccc(SC4CCC(=O)CC4=O)c3)CC2)n1. The zero-order chi connectivity index (χ0) is 40.0. The molecule has 0 bridgehead atoms. The zero-order valence-corrected chi connectivity index (χ0v) is 35.1. The maximum atomic E-state index is 12.9. The van der Waals surface area contributed by atoms with Gasteiger partial charge in [-0.25, -0.2) is 15.0 Å². The van der Waals surface area contributed by atoms with Crippen molar-refractivity contribution in [3.63, 3.8) is 0 Å². The minimum atomic E-state index is -0.234. The Balaban J connectivity index is 0.797. The molecule has 1 atom stereocenters. The first kappa shape index (κ1) is 42.8. The molecule has 0 spiro atoms. The van der Waals surface area contributed by atoms with Crippen molar-refractivity contribution >= 4 is 63.7 Å². The van der Waals surface area contributed by atoms with Crippen LogP contribution in [0.4, 0.5) is 11.5 Å². The molecule has 1 saturated heterocycles. The molecule has 1 saturated carbocycles. The van der Waals surface area contributed by atoms with Crippen molar-refractivity contribution < 1.29 is 28.6 Å². The number of Topliss-reactive ketones (excluding diaryl/α,β-unsaturated/α-hetero) is 2. The van der Waals surface area contributed by atoms with Gasteiger partial charge in [0.15, 0.2) is 5.78 Å². The van der Waals surface area contributed by atoms with Crippen molar-refractivity contribution in [3.8, 4) is 0 Å². The number of carbonyl (C=O) groups is 3. The number of ketones is 2. The Morgan fingerprint density at radius 2 is 1.70 bits per heavy atom. The fraction of sp³-hybridized carbons (Fsp3) is 0.476. The molecule has 0 radical (unpaired) electrons. The van der Waals surface area contributed by atoms with Crippen LogP contribution in [0.1, 0.15) is 63.0 Å². The molecule has 4 aromatic rings. The molecule has 1 N–H and O–H groups in total. The maximum absolute atomic E-state index is 12.9. The van der Waals surface area contributed by atoms with E-state index in [-0.39, 0.29) is 29.1 Å². The standard InChI is InChI=1S/C42H51ClN6O6S2/c1-29-6-3-10-35(43)41(29)47-42(52)38-28-44-40(57-38)26-32-25-39(46-30(2)45-32)49-15-13-48(14-16-49)17-19-54-21-23-55-22-20-53-18-5-8-31-7-4-9-34(24-31)56-37-12-11-33(50)27-36(37)51/h3-4,6-7,9-10,24-25,28,37H,5,8,11-23,26-27H2,1-2H3,(H,47,52). The third kappa shape index (κ3) is 13.4. The summed E-state index contributed by atoms with van der Waals surface area (Å²) in [5.74, 6) is 1.50. The summed E-state index contributed by atoms with van der Waals surface area (Å²) < 4.78 is 17.3. The smallest absolute Gasteiger partial charge is 0.267 e. The van der Waals surface area contributed by atoms with Gasteiger partial charge in [-0.15, -0.1) is 23.1 Å². The first-order valence-corrected chi connectivity index (χ1v) is 21.6. The lowest BCUT2D eigenvalue weighted by atomic mass is 9.98. The fourth-order valence-electron chi connectivity index (χ4n) is 6.71. The van der Waals surface area contributed by atoms with Crippen molar-refractivity contribution in [3.05, 3.63) is 92.3 Å². The number of piperazine rings is 1. The highest BCUT2D eigenvalue weighted by Gasteiger charge is 2.28. The van der Waals surface area contributed by atoms with Crippen LogP contribution in [0.2, 0.25) is 5.02 Å². The quantitative estimate of drug-likeness (QED) is 0.0756. The number of ether oxygens (including phenoxy) is 3. The number of benzene rings is 2. The molecule has 1 amide bonds. The van der Waals surface area contributed by atoms with Crippen LogP contribution in [-0.2, 0) is 36.6 Å². The third-order valence-corrected chi connectivity index (χ3v) is 12.4. The average Bonchev–Trinajstić information content (AvgIpc) is 3.66. The van der Waals surface area contributed by atoms with Gasteiger partial charge >= 0.3 is 0 Å². The van der Waals surface area contributed by atoms with Crippen LogP contribution in [0, 0.1) is 13.8 Å². The second-order valence-corrected chi connectivity index (χ2v) is 17.0. The number of nitrogens with one attached hydrogen (secondary N) is 1. The van der Waals surface area contributed by atoms with E-state index < -0.39 is 0 Å². The minimum Gasteiger partial charge on any atom is -0.379 e. The van der Waals surface area contributed by atoms with Crippen molar-refractivity contribution in [1.82, 2.24) is 19.9 Å². The van der Waals surface area contributed by atoms with Crippen molar-refractivity contribution in [2.75, 3.05) is 82.6 Å². The number of aromatic nitrogens is 3. The van der Waals surface area contributed by atoms with Gasteiger partial charge in [0.2, 0.25) is 0 Å². The van der Waals surface area contributed by atoms with E-state index in [1.807, 2.05) is 44.2 Å². The summed E-state index contributed by atoms with van der Waals surface area (Å²) in [6.07, 6.45) is 5.15. The number of amides is 1.